The molecule has 0 aliphatic heterocycles. The average molecular weight is 241 g/mol. The predicted octanol–water partition coefficient (Wildman–Crippen LogP) is 1.92. The summed E-state index contributed by atoms with van der Waals surface area (Å²) in [6, 6.07) is 0. The van der Waals surface area contributed by atoms with Crippen molar-refractivity contribution < 1.29 is 14.3 Å². The number of carboxylic acid groups (broad SMARTS) is 1. The molecule has 1 heterocycles. The van der Waals surface area contributed by atoms with Gasteiger partial charge in [0.1, 0.15) is 0 Å². The summed E-state index contributed by atoms with van der Waals surface area (Å²) in [5, 5.41) is 12.0. The van der Waals surface area contributed by atoms with E-state index in [4.69, 9.17) is 0 Å². The molecule has 0 unspecified atom stereocenters. The SMILES string of the molecule is CCC(CC)(CNc1ncc(F)cn1)C(=O)O. The molecule has 2 N–H and O–H groups in total. The van der Waals surface area contributed by atoms with Crippen LogP contribution in [-0.2, 0) is 4.79 Å². The van der Waals surface area contributed by atoms with Crippen molar-refractivity contribution in [1.82, 2.24) is 9.97 Å². The van der Waals surface area contributed by atoms with Gasteiger partial charge in [0.05, 0.1) is 17.8 Å². The molecule has 0 amide bonds. The summed E-state index contributed by atoms with van der Waals surface area (Å²) >= 11 is 0. The fourth-order valence-corrected chi connectivity index (χ4v) is 1.53. The number of nitrogens with one attached hydrogen (secondary N) is 1. The van der Waals surface area contributed by atoms with Crippen molar-refractivity contribution in [2.24, 2.45) is 5.41 Å². The summed E-state index contributed by atoms with van der Waals surface area (Å²) < 4.78 is 12.6. The Hall–Kier alpha value is -1.72. The molecule has 6 heteroatoms. The van der Waals surface area contributed by atoms with Crippen LogP contribution in [-0.4, -0.2) is 27.6 Å². The second-order valence-corrected chi connectivity index (χ2v) is 3.87. The van der Waals surface area contributed by atoms with Crippen molar-refractivity contribution in [3.8, 4) is 0 Å². The Kier molecular flexibility index (Phi) is 4.37. The third kappa shape index (κ3) is 3.12. The summed E-state index contributed by atoms with van der Waals surface area (Å²) in [7, 11) is 0. The number of hydrogen-bond acceptors (Lipinski definition) is 4. The number of carbonyl (C=O) groups is 1. The predicted molar refractivity (Wildman–Crippen MR) is 61.1 cm³/mol. The highest BCUT2D eigenvalue weighted by molar-refractivity contribution is 5.75. The molecule has 0 radical (unpaired) electrons. The Balaban J connectivity index is 2.70. The highest BCUT2D eigenvalue weighted by Gasteiger charge is 2.34. The van der Waals surface area contributed by atoms with Gasteiger partial charge in [0.2, 0.25) is 5.95 Å². The quantitative estimate of drug-likeness (QED) is 0.795. The van der Waals surface area contributed by atoms with E-state index in [1.54, 1.807) is 0 Å². The fraction of sp³-hybridized carbons (Fsp3) is 0.545. The number of aromatic nitrogens is 2. The zero-order valence-corrected chi connectivity index (χ0v) is 9.90. The minimum atomic E-state index is -0.850. The maximum absolute atomic E-state index is 12.6. The standard InChI is InChI=1S/C11H16FN3O2/c1-3-11(4-2,9(16)17)7-15-10-13-5-8(12)6-14-10/h5-6H,3-4,7H2,1-2H3,(H,16,17)(H,13,14,15). The molecule has 1 aromatic heterocycles. The maximum atomic E-state index is 12.6. The van der Waals surface area contributed by atoms with Gasteiger partial charge in [-0.25, -0.2) is 14.4 Å². The highest BCUT2D eigenvalue weighted by atomic mass is 19.1. The monoisotopic (exact) mass is 241 g/mol. The Labute approximate surface area is 99.1 Å². The van der Waals surface area contributed by atoms with E-state index in [9.17, 15) is 14.3 Å². The summed E-state index contributed by atoms with van der Waals surface area (Å²) in [6.45, 7) is 3.87. The summed E-state index contributed by atoms with van der Waals surface area (Å²) in [5.41, 5.74) is -0.836. The van der Waals surface area contributed by atoms with E-state index in [1.165, 1.54) is 0 Å². The average Bonchev–Trinajstić information content (AvgIpc) is 2.33. The molecule has 0 saturated heterocycles. The zero-order valence-electron chi connectivity index (χ0n) is 9.90. The fourth-order valence-electron chi connectivity index (χ4n) is 1.53. The summed E-state index contributed by atoms with van der Waals surface area (Å²) in [4.78, 5) is 18.7. The van der Waals surface area contributed by atoms with Crippen molar-refractivity contribution in [3.63, 3.8) is 0 Å². The van der Waals surface area contributed by atoms with Gasteiger partial charge in [0, 0.05) is 6.54 Å². The van der Waals surface area contributed by atoms with Crippen LogP contribution in [0, 0.1) is 11.2 Å². The van der Waals surface area contributed by atoms with Crippen LogP contribution in [0.3, 0.4) is 0 Å². The van der Waals surface area contributed by atoms with Gasteiger partial charge in [0.25, 0.3) is 0 Å². The second-order valence-electron chi connectivity index (χ2n) is 3.87. The number of hydrogen-bond donors (Lipinski definition) is 2. The van der Waals surface area contributed by atoms with Crippen LogP contribution < -0.4 is 5.32 Å². The van der Waals surface area contributed by atoms with Gasteiger partial charge in [-0.05, 0) is 12.8 Å². The number of aliphatic carboxylic acids is 1. The minimum absolute atomic E-state index is 0.223. The van der Waals surface area contributed by atoms with Crippen LogP contribution in [0.25, 0.3) is 0 Å². The lowest BCUT2D eigenvalue weighted by atomic mass is 9.82. The highest BCUT2D eigenvalue weighted by Crippen LogP contribution is 2.26. The van der Waals surface area contributed by atoms with Gasteiger partial charge >= 0.3 is 5.97 Å². The van der Waals surface area contributed by atoms with Crippen molar-refractivity contribution in [1.29, 1.82) is 0 Å². The summed E-state index contributed by atoms with van der Waals surface area (Å²) in [5.74, 6) is -1.14. The number of rotatable bonds is 6. The normalized spacial score (nSPS) is 11.2. The lowest BCUT2D eigenvalue weighted by molar-refractivity contribution is -0.148. The van der Waals surface area contributed by atoms with Gasteiger partial charge in [-0.3, -0.25) is 4.79 Å². The van der Waals surface area contributed by atoms with E-state index < -0.39 is 17.2 Å². The first kappa shape index (κ1) is 13.3. The molecule has 5 nitrogen and oxygen atoms in total. The topological polar surface area (TPSA) is 75.1 Å². The Morgan fingerprint density at radius 1 is 1.41 bits per heavy atom. The molecule has 94 valence electrons. The van der Waals surface area contributed by atoms with E-state index in [0.29, 0.717) is 12.8 Å². The van der Waals surface area contributed by atoms with E-state index in [2.05, 4.69) is 15.3 Å². The molecule has 0 bridgehead atoms. The Bertz CT molecular complexity index is 377. The van der Waals surface area contributed by atoms with Crippen LogP contribution in [0.15, 0.2) is 12.4 Å². The van der Waals surface area contributed by atoms with Gasteiger partial charge in [-0.15, -0.1) is 0 Å². The maximum Gasteiger partial charge on any atom is 0.311 e. The van der Waals surface area contributed by atoms with E-state index in [-0.39, 0.29) is 12.5 Å². The van der Waals surface area contributed by atoms with Gasteiger partial charge in [-0.1, -0.05) is 13.8 Å². The molecule has 0 aliphatic rings. The van der Waals surface area contributed by atoms with Crippen LogP contribution in [0.2, 0.25) is 0 Å². The molecule has 0 aromatic carbocycles. The second kappa shape index (κ2) is 5.56. The zero-order chi connectivity index (χ0) is 12.9. The van der Waals surface area contributed by atoms with Crippen molar-refractivity contribution in [3.05, 3.63) is 18.2 Å². The van der Waals surface area contributed by atoms with Crippen LogP contribution >= 0.6 is 0 Å². The molecular weight excluding hydrogens is 225 g/mol. The smallest absolute Gasteiger partial charge is 0.311 e. The molecule has 0 saturated carbocycles. The van der Waals surface area contributed by atoms with Gasteiger partial charge in [0.15, 0.2) is 5.82 Å². The molecule has 1 aromatic rings. The molecular formula is C11H16FN3O2. The minimum Gasteiger partial charge on any atom is -0.481 e. The van der Waals surface area contributed by atoms with Gasteiger partial charge < -0.3 is 10.4 Å². The first-order valence-electron chi connectivity index (χ1n) is 5.49. The van der Waals surface area contributed by atoms with E-state index >= 15 is 0 Å². The third-order valence-corrected chi connectivity index (χ3v) is 3.01. The van der Waals surface area contributed by atoms with E-state index in [0.717, 1.165) is 12.4 Å². The van der Waals surface area contributed by atoms with Crippen LogP contribution in [0.1, 0.15) is 26.7 Å². The van der Waals surface area contributed by atoms with Crippen LogP contribution in [0.4, 0.5) is 10.3 Å². The molecule has 0 atom stereocenters. The van der Waals surface area contributed by atoms with Crippen LogP contribution in [0.5, 0.6) is 0 Å². The lowest BCUT2D eigenvalue weighted by Crippen LogP contribution is -2.37. The molecule has 0 aliphatic carbocycles. The number of nitrogens with zero attached hydrogens (tertiary/aromatic N) is 2. The Morgan fingerprint density at radius 3 is 2.35 bits per heavy atom. The number of carboxylic acids is 1. The number of halogens is 1. The summed E-state index contributed by atoms with van der Waals surface area (Å²) in [6.07, 6.45) is 3.09. The molecule has 0 fully saturated rings. The Morgan fingerprint density at radius 2 is 1.94 bits per heavy atom. The lowest BCUT2D eigenvalue weighted by Gasteiger charge is -2.26. The molecule has 17 heavy (non-hydrogen) atoms. The number of anilines is 1. The molecule has 0 spiro atoms. The van der Waals surface area contributed by atoms with E-state index in [1.807, 2.05) is 13.8 Å². The van der Waals surface area contributed by atoms with Gasteiger partial charge in [-0.2, -0.15) is 0 Å². The first-order valence-corrected chi connectivity index (χ1v) is 5.49. The van der Waals surface area contributed by atoms with Crippen molar-refractivity contribution in [2.75, 3.05) is 11.9 Å². The first-order chi connectivity index (χ1) is 8.04. The molecule has 1 rings (SSSR count). The van der Waals surface area contributed by atoms with Crippen molar-refractivity contribution >= 4 is 11.9 Å². The van der Waals surface area contributed by atoms with Crippen molar-refractivity contribution in [2.45, 2.75) is 26.7 Å². The largest absolute Gasteiger partial charge is 0.481 e. The third-order valence-electron chi connectivity index (χ3n) is 3.01.